The topological polar surface area (TPSA) is 29.3 Å². The summed E-state index contributed by atoms with van der Waals surface area (Å²) in [7, 11) is 0. The van der Waals surface area contributed by atoms with Crippen molar-refractivity contribution in [1.82, 2.24) is 4.90 Å². The molecule has 0 bridgehead atoms. The third-order valence-electron chi connectivity index (χ3n) is 6.08. The zero-order chi connectivity index (χ0) is 13.9. The Kier molecular flexibility index (Phi) is 4.94. The second-order valence-corrected chi connectivity index (χ2v) is 7.55. The molecule has 2 N–H and O–H groups in total. The lowest BCUT2D eigenvalue weighted by molar-refractivity contribution is 0.0664. The van der Waals surface area contributed by atoms with Crippen LogP contribution in [0.1, 0.15) is 72.1 Å². The molecule has 2 fully saturated rings. The molecule has 112 valence electrons. The number of nitrogens with two attached hydrogens (primary N) is 1. The molecule has 0 aromatic carbocycles. The average molecular weight is 266 g/mol. The molecule has 2 atom stereocenters. The summed E-state index contributed by atoms with van der Waals surface area (Å²) >= 11 is 0. The Bertz CT molecular complexity index is 275. The fraction of sp³-hybridized carbons (Fsp3) is 1.00. The molecule has 2 aliphatic rings. The maximum atomic E-state index is 6.67. The second-order valence-electron chi connectivity index (χ2n) is 7.55. The molecular formula is C17H34N2. The van der Waals surface area contributed by atoms with Crippen LogP contribution in [-0.2, 0) is 0 Å². The second kappa shape index (κ2) is 6.13. The summed E-state index contributed by atoms with van der Waals surface area (Å²) in [4.78, 5) is 2.65. The lowest BCUT2D eigenvalue weighted by Gasteiger charge is -2.45. The number of piperidine rings is 1. The highest BCUT2D eigenvalue weighted by Gasteiger charge is 2.36. The van der Waals surface area contributed by atoms with E-state index < -0.39 is 0 Å². The first-order valence-corrected chi connectivity index (χ1v) is 8.52. The van der Waals surface area contributed by atoms with E-state index in [-0.39, 0.29) is 5.54 Å². The highest BCUT2D eigenvalue weighted by Crippen LogP contribution is 2.39. The van der Waals surface area contributed by atoms with Crippen LogP contribution in [0.5, 0.6) is 0 Å². The number of rotatable bonds is 4. The first kappa shape index (κ1) is 15.3. The van der Waals surface area contributed by atoms with Gasteiger partial charge in [0.25, 0.3) is 0 Å². The van der Waals surface area contributed by atoms with Crippen molar-refractivity contribution >= 4 is 0 Å². The monoisotopic (exact) mass is 266 g/mol. The fourth-order valence-electron chi connectivity index (χ4n) is 4.43. The van der Waals surface area contributed by atoms with Crippen molar-refractivity contribution in [3.63, 3.8) is 0 Å². The standard InChI is InChI=1S/C17H34N2/c1-4-16(5-2)9-11-19(12-10-16)14-17(18)8-6-7-15(3)13-17/h15H,4-14,18H2,1-3H3. The van der Waals surface area contributed by atoms with E-state index in [0.717, 1.165) is 12.5 Å². The quantitative estimate of drug-likeness (QED) is 0.838. The highest BCUT2D eigenvalue weighted by molar-refractivity contribution is 4.94. The van der Waals surface area contributed by atoms with Crippen molar-refractivity contribution in [3.05, 3.63) is 0 Å². The summed E-state index contributed by atoms with van der Waals surface area (Å²) in [6.45, 7) is 10.8. The maximum absolute atomic E-state index is 6.67. The maximum Gasteiger partial charge on any atom is 0.0285 e. The Morgan fingerprint density at radius 3 is 2.26 bits per heavy atom. The molecule has 1 saturated heterocycles. The van der Waals surface area contributed by atoms with Gasteiger partial charge in [0.2, 0.25) is 0 Å². The number of hydrogen-bond donors (Lipinski definition) is 1. The van der Waals surface area contributed by atoms with Crippen LogP contribution in [0.2, 0.25) is 0 Å². The molecule has 0 amide bonds. The zero-order valence-electron chi connectivity index (χ0n) is 13.4. The number of hydrogen-bond acceptors (Lipinski definition) is 2. The Hall–Kier alpha value is -0.0800. The Morgan fingerprint density at radius 2 is 1.74 bits per heavy atom. The van der Waals surface area contributed by atoms with Crippen molar-refractivity contribution in [2.45, 2.75) is 77.7 Å². The van der Waals surface area contributed by atoms with Gasteiger partial charge in [-0.25, -0.2) is 0 Å². The van der Waals surface area contributed by atoms with Gasteiger partial charge in [0.05, 0.1) is 0 Å². The van der Waals surface area contributed by atoms with E-state index in [9.17, 15) is 0 Å². The molecule has 2 rings (SSSR count). The van der Waals surface area contributed by atoms with Crippen molar-refractivity contribution in [2.24, 2.45) is 17.1 Å². The summed E-state index contributed by atoms with van der Waals surface area (Å²) in [5.41, 5.74) is 7.42. The first-order valence-electron chi connectivity index (χ1n) is 8.52. The summed E-state index contributed by atoms with van der Waals surface area (Å²) in [6, 6.07) is 0. The largest absolute Gasteiger partial charge is 0.324 e. The molecule has 0 aromatic heterocycles. The number of likely N-dealkylation sites (tertiary alicyclic amines) is 1. The first-order chi connectivity index (χ1) is 9.01. The molecule has 1 aliphatic heterocycles. The van der Waals surface area contributed by atoms with Crippen molar-refractivity contribution in [2.75, 3.05) is 19.6 Å². The molecule has 2 heteroatoms. The fourth-order valence-corrected chi connectivity index (χ4v) is 4.43. The molecule has 0 spiro atoms. The Balaban J connectivity index is 1.85. The van der Waals surface area contributed by atoms with Crippen molar-refractivity contribution in [3.8, 4) is 0 Å². The molecular weight excluding hydrogens is 232 g/mol. The molecule has 19 heavy (non-hydrogen) atoms. The van der Waals surface area contributed by atoms with E-state index in [1.165, 1.54) is 64.5 Å². The normalized spacial score (nSPS) is 36.3. The van der Waals surface area contributed by atoms with Crippen LogP contribution < -0.4 is 5.73 Å². The Labute approximate surface area is 120 Å². The average Bonchev–Trinajstić information content (AvgIpc) is 2.39. The third kappa shape index (κ3) is 3.72. The van der Waals surface area contributed by atoms with Gasteiger partial charge in [0.1, 0.15) is 0 Å². The molecule has 0 aromatic rings. The molecule has 1 heterocycles. The van der Waals surface area contributed by atoms with Crippen LogP contribution in [0.4, 0.5) is 0 Å². The Morgan fingerprint density at radius 1 is 1.11 bits per heavy atom. The van der Waals surface area contributed by atoms with Gasteiger partial charge in [0, 0.05) is 12.1 Å². The van der Waals surface area contributed by atoms with Gasteiger partial charge in [-0.05, 0) is 50.1 Å². The highest BCUT2D eigenvalue weighted by atomic mass is 15.2. The minimum atomic E-state index is 0.107. The van der Waals surface area contributed by atoms with Gasteiger partial charge >= 0.3 is 0 Å². The summed E-state index contributed by atoms with van der Waals surface area (Å²) < 4.78 is 0. The molecule has 0 radical (unpaired) electrons. The van der Waals surface area contributed by atoms with Crippen molar-refractivity contribution < 1.29 is 0 Å². The minimum absolute atomic E-state index is 0.107. The van der Waals surface area contributed by atoms with E-state index >= 15 is 0 Å². The van der Waals surface area contributed by atoms with Gasteiger partial charge < -0.3 is 10.6 Å². The van der Waals surface area contributed by atoms with Crippen LogP contribution in [0, 0.1) is 11.3 Å². The van der Waals surface area contributed by atoms with E-state index in [1.807, 2.05) is 0 Å². The van der Waals surface area contributed by atoms with Gasteiger partial charge in [-0.3, -0.25) is 0 Å². The molecule has 2 nitrogen and oxygen atoms in total. The van der Waals surface area contributed by atoms with Crippen molar-refractivity contribution in [1.29, 1.82) is 0 Å². The molecule has 2 unspecified atom stereocenters. The summed E-state index contributed by atoms with van der Waals surface area (Å²) in [5.74, 6) is 0.828. The van der Waals surface area contributed by atoms with Crippen LogP contribution in [0.25, 0.3) is 0 Å². The molecule has 1 aliphatic carbocycles. The SMILES string of the molecule is CCC1(CC)CCN(CC2(N)CCCC(C)C2)CC1. The van der Waals surface area contributed by atoms with Crippen LogP contribution >= 0.6 is 0 Å². The van der Waals surface area contributed by atoms with Gasteiger partial charge in [-0.2, -0.15) is 0 Å². The van der Waals surface area contributed by atoms with Gasteiger partial charge in [-0.1, -0.05) is 46.5 Å². The summed E-state index contributed by atoms with van der Waals surface area (Å²) in [6.07, 6.45) is 10.6. The minimum Gasteiger partial charge on any atom is -0.324 e. The van der Waals surface area contributed by atoms with Gasteiger partial charge in [0.15, 0.2) is 0 Å². The number of nitrogens with zero attached hydrogens (tertiary/aromatic N) is 1. The lowest BCUT2D eigenvalue weighted by Crippen LogP contribution is -2.54. The van der Waals surface area contributed by atoms with E-state index in [1.54, 1.807) is 0 Å². The summed E-state index contributed by atoms with van der Waals surface area (Å²) in [5, 5.41) is 0. The van der Waals surface area contributed by atoms with E-state index in [0.29, 0.717) is 5.41 Å². The predicted molar refractivity (Wildman–Crippen MR) is 83.2 cm³/mol. The smallest absolute Gasteiger partial charge is 0.0285 e. The van der Waals surface area contributed by atoms with E-state index in [4.69, 9.17) is 5.73 Å². The molecule has 1 saturated carbocycles. The third-order valence-corrected chi connectivity index (χ3v) is 6.08. The van der Waals surface area contributed by atoms with Gasteiger partial charge in [-0.15, -0.1) is 0 Å². The van der Waals surface area contributed by atoms with E-state index in [2.05, 4.69) is 25.7 Å². The van der Waals surface area contributed by atoms with Crippen LogP contribution in [0.15, 0.2) is 0 Å². The lowest BCUT2D eigenvalue weighted by atomic mass is 9.73. The van der Waals surface area contributed by atoms with Crippen LogP contribution in [-0.4, -0.2) is 30.1 Å². The predicted octanol–water partition coefficient (Wildman–Crippen LogP) is 3.80. The van der Waals surface area contributed by atoms with Crippen LogP contribution in [0.3, 0.4) is 0 Å². The zero-order valence-corrected chi connectivity index (χ0v) is 13.4.